The predicted molar refractivity (Wildman–Crippen MR) is 109 cm³/mol. The largest absolute Gasteiger partial charge is 0.460 e. The number of ether oxygens (including phenoxy) is 1. The molecule has 0 fully saturated rings. The number of esters is 1. The highest BCUT2D eigenvalue weighted by Crippen LogP contribution is 2.27. The summed E-state index contributed by atoms with van der Waals surface area (Å²) in [6, 6.07) is 22.6. The second-order valence-corrected chi connectivity index (χ2v) is 6.65. The van der Waals surface area contributed by atoms with E-state index in [1.54, 1.807) is 72.8 Å². The first-order valence-corrected chi connectivity index (χ1v) is 9.32. The highest BCUT2D eigenvalue weighted by atomic mass is 16.5. The average molecular weight is 396 g/mol. The Morgan fingerprint density at radius 2 is 1.33 bits per heavy atom. The maximum absolute atomic E-state index is 12.7. The van der Waals surface area contributed by atoms with Crippen molar-refractivity contribution in [1.82, 2.24) is 4.90 Å². The zero-order chi connectivity index (χ0) is 21.1. The van der Waals surface area contributed by atoms with Crippen molar-refractivity contribution in [2.45, 2.75) is 0 Å². The number of benzene rings is 3. The van der Waals surface area contributed by atoms with Crippen LogP contribution in [0.2, 0.25) is 0 Å². The molecule has 1 aliphatic rings. The molecular weight excluding hydrogens is 380 g/mol. The van der Waals surface area contributed by atoms with Gasteiger partial charge in [0, 0.05) is 5.56 Å². The summed E-state index contributed by atoms with van der Waals surface area (Å²) < 4.78 is 5.35. The van der Waals surface area contributed by atoms with Gasteiger partial charge in [0.1, 0.15) is 6.61 Å². The van der Waals surface area contributed by atoms with Crippen LogP contribution >= 0.6 is 0 Å². The van der Waals surface area contributed by atoms with Crippen molar-refractivity contribution in [3.63, 3.8) is 0 Å². The number of hydrogen-bond donors (Lipinski definition) is 0. The highest BCUT2D eigenvalue weighted by molar-refractivity contribution is 6.21. The first-order chi connectivity index (χ1) is 14.6. The Hall–Kier alpha value is -4.24. The fourth-order valence-electron chi connectivity index (χ4n) is 3.46. The lowest BCUT2D eigenvalue weighted by atomic mass is 9.96. The summed E-state index contributed by atoms with van der Waals surface area (Å²) in [5, 5.41) is 9.36. The Balaban J connectivity index is 1.48. The molecule has 0 N–H and O–H groups in total. The minimum atomic E-state index is -0.588. The number of nitriles is 1. The number of amides is 2. The summed E-state index contributed by atoms with van der Waals surface area (Å²) in [4.78, 5) is 38.6. The lowest BCUT2D eigenvalue weighted by molar-refractivity contribution is 0.0421. The van der Waals surface area contributed by atoms with Gasteiger partial charge in [0.05, 0.1) is 34.9 Å². The van der Waals surface area contributed by atoms with Crippen LogP contribution in [0.4, 0.5) is 0 Å². The van der Waals surface area contributed by atoms with Gasteiger partial charge in [-0.05, 0) is 29.8 Å². The Labute approximate surface area is 172 Å². The van der Waals surface area contributed by atoms with Gasteiger partial charge < -0.3 is 4.74 Å². The quantitative estimate of drug-likeness (QED) is 0.485. The topological polar surface area (TPSA) is 87.5 Å². The molecule has 0 bridgehead atoms. The van der Waals surface area contributed by atoms with Gasteiger partial charge in [0.15, 0.2) is 0 Å². The predicted octanol–water partition coefficient (Wildman–Crippen LogP) is 3.68. The summed E-state index contributed by atoms with van der Waals surface area (Å²) in [5.41, 5.74) is 2.68. The lowest BCUT2D eigenvalue weighted by Crippen LogP contribution is -2.33. The van der Waals surface area contributed by atoms with E-state index in [0.717, 1.165) is 4.90 Å². The molecule has 6 heteroatoms. The molecule has 0 spiro atoms. The molecule has 30 heavy (non-hydrogen) atoms. The van der Waals surface area contributed by atoms with Crippen LogP contribution in [0.15, 0.2) is 72.8 Å². The minimum Gasteiger partial charge on any atom is -0.460 e. The molecule has 1 heterocycles. The fraction of sp³-hybridized carbons (Fsp3) is 0.0833. The third-order valence-corrected chi connectivity index (χ3v) is 4.91. The van der Waals surface area contributed by atoms with Crippen LogP contribution in [0, 0.1) is 11.3 Å². The first kappa shape index (κ1) is 19.1. The van der Waals surface area contributed by atoms with Gasteiger partial charge in [-0.2, -0.15) is 5.26 Å². The molecule has 0 atom stereocenters. The molecule has 0 aromatic heterocycles. The van der Waals surface area contributed by atoms with Crippen LogP contribution in [0.3, 0.4) is 0 Å². The molecule has 146 valence electrons. The van der Waals surface area contributed by atoms with Crippen LogP contribution in [0.1, 0.15) is 36.6 Å². The molecule has 0 saturated carbocycles. The normalized spacial score (nSPS) is 12.4. The van der Waals surface area contributed by atoms with E-state index >= 15 is 0 Å². The maximum Gasteiger partial charge on any atom is 0.338 e. The molecule has 4 rings (SSSR count). The maximum atomic E-state index is 12.7. The molecule has 0 saturated heterocycles. The van der Waals surface area contributed by atoms with Crippen molar-refractivity contribution >= 4 is 17.8 Å². The average Bonchev–Trinajstić information content (AvgIpc) is 3.04. The first-order valence-electron chi connectivity index (χ1n) is 9.32. The molecule has 3 aromatic rings. The Morgan fingerprint density at radius 1 is 0.800 bits per heavy atom. The highest BCUT2D eigenvalue weighted by Gasteiger charge is 2.34. The van der Waals surface area contributed by atoms with Crippen molar-refractivity contribution in [2.24, 2.45) is 0 Å². The van der Waals surface area contributed by atoms with Gasteiger partial charge in [0.25, 0.3) is 11.8 Å². The van der Waals surface area contributed by atoms with Crippen LogP contribution in [0.25, 0.3) is 11.1 Å². The Morgan fingerprint density at radius 3 is 1.97 bits per heavy atom. The molecule has 2 amide bonds. The summed E-state index contributed by atoms with van der Waals surface area (Å²) in [5.74, 6) is -1.38. The van der Waals surface area contributed by atoms with E-state index in [4.69, 9.17) is 4.74 Å². The Bertz CT molecular complexity index is 1170. The third kappa shape index (κ3) is 3.33. The molecule has 3 aromatic carbocycles. The van der Waals surface area contributed by atoms with E-state index in [1.165, 1.54) is 0 Å². The van der Waals surface area contributed by atoms with Gasteiger partial charge in [-0.25, -0.2) is 4.79 Å². The summed E-state index contributed by atoms with van der Waals surface area (Å²) in [6.45, 7) is -0.159. The van der Waals surface area contributed by atoms with Gasteiger partial charge in [-0.3, -0.25) is 14.5 Å². The summed E-state index contributed by atoms with van der Waals surface area (Å²) in [7, 11) is 0. The van der Waals surface area contributed by atoms with Gasteiger partial charge in [0.2, 0.25) is 0 Å². The molecule has 0 unspecified atom stereocenters. The molecular formula is C24H16N2O4. The van der Waals surface area contributed by atoms with E-state index in [9.17, 15) is 19.6 Å². The van der Waals surface area contributed by atoms with Crippen molar-refractivity contribution in [2.75, 3.05) is 13.2 Å². The summed E-state index contributed by atoms with van der Waals surface area (Å²) >= 11 is 0. The van der Waals surface area contributed by atoms with E-state index in [2.05, 4.69) is 6.07 Å². The minimum absolute atomic E-state index is 0.0327. The lowest BCUT2D eigenvalue weighted by Gasteiger charge is -2.15. The van der Waals surface area contributed by atoms with Gasteiger partial charge >= 0.3 is 5.97 Å². The van der Waals surface area contributed by atoms with Crippen LogP contribution in [-0.2, 0) is 4.74 Å². The molecule has 0 aliphatic carbocycles. The molecule has 6 nitrogen and oxygen atoms in total. The second-order valence-electron chi connectivity index (χ2n) is 6.65. The fourth-order valence-corrected chi connectivity index (χ4v) is 3.46. The number of imide groups is 1. The van der Waals surface area contributed by atoms with Crippen molar-refractivity contribution in [3.05, 3.63) is 95.1 Å². The van der Waals surface area contributed by atoms with Gasteiger partial charge in [-0.1, -0.05) is 48.5 Å². The van der Waals surface area contributed by atoms with E-state index in [0.29, 0.717) is 33.4 Å². The SMILES string of the molecule is N#Cc1ccccc1-c1ccccc1C(=O)OCCN1C(=O)c2ccccc2C1=O. The van der Waals surface area contributed by atoms with Crippen LogP contribution in [-0.4, -0.2) is 35.8 Å². The number of fused-ring (bicyclic) bond motifs is 1. The van der Waals surface area contributed by atoms with Crippen molar-refractivity contribution in [3.8, 4) is 17.2 Å². The van der Waals surface area contributed by atoms with Crippen molar-refractivity contribution < 1.29 is 19.1 Å². The number of carbonyl (C=O) groups is 3. The molecule has 1 aliphatic heterocycles. The monoisotopic (exact) mass is 396 g/mol. The molecule has 0 radical (unpaired) electrons. The number of nitrogens with zero attached hydrogens (tertiary/aromatic N) is 2. The van der Waals surface area contributed by atoms with Gasteiger partial charge in [-0.15, -0.1) is 0 Å². The number of hydrogen-bond acceptors (Lipinski definition) is 5. The van der Waals surface area contributed by atoms with E-state index in [-0.39, 0.29) is 13.2 Å². The standard InChI is InChI=1S/C24H16N2O4/c25-15-16-7-1-2-8-17(16)18-9-3-6-12-21(18)24(29)30-14-13-26-22(27)19-10-4-5-11-20(19)23(26)28/h1-12H,13-14H2. The van der Waals surface area contributed by atoms with Crippen molar-refractivity contribution in [1.29, 1.82) is 5.26 Å². The zero-order valence-electron chi connectivity index (χ0n) is 15.9. The van der Waals surface area contributed by atoms with E-state index < -0.39 is 17.8 Å². The van der Waals surface area contributed by atoms with Crippen LogP contribution < -0.4 is 0 Å². The zero-order valence-corrected chi connectivity index (χ0v) is 15.9. The summed E-state index contributed by atoms with van der Waals surface area (Å²) in [6.07, 6.45) is 0. The number of carbonyl (C=O) groups excluding carboxylic acids is 3. The van der Waals surface area contributed by atoms with E-state index in [1.807, 2.05) is 0 Å². The number of rotatable bonds is 5. The Kier molecular flexibility index (Phi) is 5.10. The third-order valence-electron chi connectivity index (χ3n) is 4.91. The second kappa shape index (κ2) is 8.02. The smallest absolute Gasteiger partial charge is 0.338 e. The van der Waals surface area contributed by atoms with Crippen LogP contribution in [0.5, 0.6) is 0 Å².